The van der Waals surface area contributed by atoms with Gasteiger partial charge in [0, 0.05) is 38.8 Å². The van der Waals surface area contributed by atoms with Crippen LogP contribution in [-0.4, -0.2) is 56.9 Å². The first-order valence-electron chi connectivity index (χ1n) is 6.59. The summed E-state index contributed by atoms with van der Waals surface area (Å²) >= 11 is 0. The zero-order valence-corrected chi connectivity index (χ0v) is 10.6. The Morgan fingerprint density at radius 2 is 2.12 bits per heavy atom. The van der Waals surface area contributed by atoms with Crippen LogP contribution in [0.4, 0.5) is 0 Å². The minimum absolute atomic E-state index is 0.324. The first kappa shape index (κ1) is 13.9. The lowest BCUT2D eigenvalue weighted by Gasteiger charge is -2.26. The number of hydrogen-bond donors (Lipinski definition) is 2. The summed E-state index contributed by atoms with van der Waals surface area (Å²) < 4.78 is 5.31. The van der Waals surface area contributed by atoms with E-state index in [1.54, 1.807) is 0 Å². The monoisotopic (exact) mass is 229 g/mol. The lowest BCUT2D eigenvalue weighted by atomic mass is 10.1. The molecule has 1 heterocycles. The second-order valence-electron chi connectivity index (χ2n) is 4.56. The SMILES string of the molecule is CCCCC(N)CNCCN1CCOCC1. The van der Waals surface area contributed by atoms with Crippen molar-refractivity contribution in [2.24, 2.45) is 5.73 Å². The van der Waals surface area contributed by atoms with Gasteiger partial charge in [0.05, 0.1) is 13.2 Å². The summed E-state index contributed by atoms with van der Waals surface area (Å²) in [6, 6.07) is 0.324. The van der Waals surface area contributed by atoms with Crippen molar-refractivity contribution in [3.05, 3.63) is 0 Å². The maximum absolute atomic E-state index is 5.98. The van der Waals surface area contributed by atoms with Gasteiger partial charge in [-0.3, -0.25) is 4.90 Å². The molecule has 3 N–H and O–H groups in total. The van der Waals surface area contributed by atoms with E-state index < -0.39 is 0 Å². The Hall–Kier alpha value is -0.160. The van der Waals surface area contributed by atoms with Gasteiger partial charge in [-0.1, -0.05) is 19.8 Å². The fourth-order valence-corrected chi connectivity index (χ4v) is 1.92. The molecule has 0 radical (unpaired) electrons. The van der Waals surface area contributed by atoms with Crippen LogP contribution in [0.2, 0.25) is 0 Å². The third-order valence-electron chi connectivity index (χ3n) is 3.04. The van der Waals surface area contributed by atoms with Crippen LogP contribution in [0.3, 0.4) is 0 Å². The number of nitrogens with two attached hydrogens (primary N) is 1. The van der Waals surface area contributed by atoms with E-state index in [4.69, 9.17) is 10.5 Å². The van der Waals surface area contributed by atoms with Crippen molar-refractivity contribution < 1.29 is 4.74 Å². The Bertz CT molecular complexity index is 160. The summed E-state index contributed by atoms with van der Waals surface area (Å²) in [7, 11) is 0. The van der Waals surface area contributed by atoms with Gasteiger partial charge in [0.1, 0.15) is 0 Å². The molecule has 1 aliphatic rings. The number of hydrogen-bond acceptors (Lipinski definition) is 4. The van der Waals surface area contributed by atoms with E-state index >= 15 is 0 Å². The van der Waals surface area contributed by atoms with E-state index in [-0.39, 0.29) is 0 Å². The Kier molecular flexibility index (Phi) is 7.76. The molecule has 4 heteroatoms. The molecule has 1 aliphatic heterocycles. The molecule has 0 aromatic carbocycles. The van der Waals surface area contributed by atoms with E-state index in [9.17, 15) is 0 Å². The lowest BCUT2D eigenvalue weighted by Crippen LogP contribution is -2.42. The van der Waals surface area contributed by atoms with Crippen LogP contribution in [-0.2, 0) is 4.74 Å². The summed E-state index contributed by atoms with van der Waals surface area (Å²) in [6.45, 7) is 9.23. The minimum atomic E-state index is 0.324. The highest BCUT2D eigenvalue weighted by Crippen LogP contribution is 1.97. The van der Waals surface area contributed by atoms with Gasteiger partial charge in [-0.15, -0.1) is 0 Å². The Balaban J connectivity index is 1.90. The number of ether oxygens (including phenoxy) is 1. The zero-order valence-electron chi connectivity index (χ0n) is 10.6. The molecule has 1 fully saturated rings. The standard InChI is InChI=1S/C12H27N3O/c1-2-3-4-12(13)11-14-5-6-15-7-9-16-10-8-15/h12,14H,2-11,13H2,1H3. The molecule has 0 spiro atoms. The van der Waals surface area contributed by atoms with Gasteiger partial charge in [0.15, 0.2) is 0 Å². The minimum Gasteiger partial charge on any atom is -0.379 e. The first-order valence-corrected chi connectivity index (χ1v) is 6.59. The average molecular weight is 229 g/mol. The third-order valence-corrected chi connectivity index (χ3v) is 3.04. The van der Waals surface area contributed by atoms with Crippen LogP contribution in [0.25, 0.3) is 0 Å². The molecule has 0 saturated carbocycles. The van der Waals surface area contributed by atoms with Crippen LogP contribution in [0.5, 0.6) is 0 Å². The number of nitrogens with one attached hydrogen (secondary N) is 1. The maximum atomic E-state index is 5.98. The molecule has 0 aliphatic carbocycles. The quantitative estimate of drug-likeness (QED) is 0.593. The summed E-state index contributed by atoms with van der Waals surface area (Å²) in [5.41, 5.74) is 5.98. The van der Waals surface area contributed by atoms with Crippen molar-refractivity contribution in [3.8, 4) is 0 Å². The van der Waals surface area contributed by atoms with E-state index in [2.05, 4.69) is 17.1 Å². The fraction of sp³-hybridized carbons (Fsp3) is 1.00. The Labute approximate surface area is 99.5 Å². The zero-order chi connectivity index (χ0) is 11.6. The van der Waals surface area contributed by atoms with Crippen molar-refractivity contribution in [2.75, 3.05) is 45.9 Å². The molecule has 16 heavy (non-hydrogen) atoms. The number of unbranched alkanes of at least 4 members (excludes halogenated alkanes) is 1. The molecule has 0 aromatic heterocycles. The van der Waals surface area contributed by atoms with Crippen LogP contribution in [0.1, 0.15) is 26.2 Å². The molecule has 0 amide bonds. The molecule has 1 saturated heterocycles. The highest BCUT2D eigenvalue weighted by Gasteiger charge is 2.09. The second kappa shape index (κ2) is 8.93. The van der Waals surface area contributed by atoms with Gasteiger partial charge in [0.2, 0.25) is 0 Å². The summed E-state index contributed by atoms with van der Waals surface area (Å²) in [5, 5.41) is 3.43. The van der Waals surface area contributed by atoms with Gasteiger partial charge >= 0.3 is 0 Å². The summed E-state index contributed by atoms with van der Waals surface area (Å²) in [6.07, 6.45) is 3.62. The first-order chi connectivity index (χ1) is 7.83. The van der Waals surface area contributed by atoms with Crippen LogP contribution in [0.15, 0.2) is 0 Å². The molecule has 96 valence electrons. The topological polar surface area (TPSA) is 50.5 Å². The molecular formula is C12H27N3O. The largest absolute Gasteiger partial charge is 0.379 e. The van der Waals surface area contributed by atoms with Crippen molar-refractivity contribution >= 4 is 0 Å². The molecule has 0 bridgehead atoms. The Morgan fingerprint density at radius 1 is 1.38 bits per heavy atom. The van der Waals surface area contributed by atoms with Crippen molar-refractivity contribution in [1.29, 1.82) is 0 Å². The van der Waals surface area contributed by atoms with Gasteiger partial charge in [0.25, 0.3) is 0 Å². The van der Waals surface area contributed by atoms with E-state index in [1.165, 1.54) is 12.8 Å². The molecule has 0 aromatic rings. The van der Waals surface area contributed by atoms with Gasteiger partial charge in [-0.25, -0.2) is 0 Å². The van der Waals surface area contributed by atoms with E-state index in [0.29, 0.717) is 6.04 Å². The van der Waals surface area contributed by atoms with Crippen molar-refractivity contribution in [1.82, 2.24) is 10.2 Å². The number of morpholine rings is 1. The average Bonchev–Trinajstić information content (AvgIpc) is 2.33. The Morgan fingerprint density at radius 3 is 2.81 bits per heavy atom. The summed E-state index contributed by atoms with van der Waals surface area (Å²) in [5.74, 6) is 0. The number of nitrogens with zero attached hydrogens (tertiary/aromatic N) is 1. The maximum Gasteiger partial charge on any atom is 0.0594 e. The van der Waals surface area contributed by atoms with E-state index in [0.717, 1.165) is 52.4 Å². The molecule has 1 rings (SSSR count). The summed E-state index contributed by atoms with van der Waals surface area (Å²) in [4.78, 5) is 2.44. The molecule has 1 unspecified atom stereocenters. The molecular weight excluding hydrogens is 202 g/mol. The smallest absolute Gasteiger partial charge is 0.0594 e. The van der Waals surface area contributed by atoms with E-state index in [1.807, 2.05) is 0 Å². The highest BCUT2D eigenvalue weighted by molar-refractivity contribution is 4.67. The second-order valence-corrected chi connectivity index (χ2v) is 4.56. The van der Waals surface area contributed by atoms with Gasteiger partial charge in [-0.2, -0.15) is 0 Å². The normalized spacial score (nSPS) is 19.9. The molecule has 4 nitrogen and oxygen atoms in total. The van der Waals surface area contributed by atoms with Crippen LogP contribution >= 0.6 is 0 Å². The fourth-order valence-electron chi connectivity index (χ4n) is 1.92. The predicted octanol–water partition coefficient (Wildman–Crippen LogP) is 0.426. The van der Waals surface area contributed by atoms with Gasteiger partial charge in [-0.05, 0) is 6.42 Å². The highest BCUT2D eigenvalue weighted by atomic mass is 16.5. The van der Waals surface area contributed by atoms with Gasteiger partial charge < -0.3 is 15.8 Å². The molecule has 1 atom stereocenters. The van der Waals surface area contributed by atoms with Crippen molar-refractivity contribution in [3.63, 3.8) is 0 Å². The van der Waals surface area contributed by atoms with Crippen molar-refractivity contribution in [2.45, 2.75) is 32.2 Å². The van der Waals surface area contributed by atoms with Crippen LogP contribution in [0, 0.1) is 0 Å². The number of rotatable bonds is 8. The predicted molar refractivity (Wildman–Crippen MR) is 67.6 cm³/mol. The van der Waals surface area contributed by atoms with Crippen LogP contribution < -0.4 is 11.1 Å². The third kappa shape index (κ3) is 6.43. The lowest BCUT2D eigenvalue weighted by molar-refractivity contribution is 0.0384.